The van der Waals surface area contributed by atoms with E-state index in [1.165, 1.54) is 0 Å². The first-order chi connectivity index (χ1) is 12.2. The highest BCUT2D eigenvalue weighted by molar-refractivity contribution is 5.90. The summed E-state index contributed by atoms with van der Waals surface area (Å²) in [5.74, 6) is 1.07. The van der Waals surface area contributed by atoms with Crippen molar-refractivity contribution in [2.45, 2.75) is 25.3 Å². The van der Waals surface area contributed by atoms with E-state index in [9.17, 15) is 9.90 Å². The molecule has 3 aromatic rings. The van der Waals surface area contributed by atoms with Crippen LogP contribution in [0.1, 0.15) is 29.2 Å². The number of methoxy groups -OCH3 is 1. The number of aromatic hydroxyl groups is 1. The number of amides is 1. The first-order valence-electron chi connectivity index (χ1n) is 8.40. The molecule has 5 heteroatoms. The molecule has 5 nitrogen and oxygen atoms in total. The molecule has 3 N–H and O–H groups in total. The number of phenols is 1. The van der Waals surface area contributed by atoms with E-state index in [2.05, 4.69) is 10.3 Å². The van der Waals surface area contributed by atoms with Gasteiger partial charge in [-0.2, -0.15) is 0 Å². The molecule has 1 heterocycles. The zero-order valence-corrected chi connectivity index (χ0v) is 14.0. The van der Waals surface area contributed by atoms with Crippen molar-refractivity contribution < 1.29 is 14.6 Å². The maximum Gasteiger partial charge on any atom is 0.224 e. The van der Waals surface area contributed by atoms with Crippen molar-refractivity contribution >= 4 is 16.8 Å². The predicted molar refractivity (Wildman–Crippen MR) is 95.9 cm³/mol. The average molecular weight is 336 g/mol. The first-order valence-corrected chi connectivity index (χ1v) is 8.40. The summed E-state index contributed by atoms with van der Waals surface area (Å²) < 4.78 is 5.27. The van der Waals surface area contributed by atoms with E-state index >= 15 is 0 Å². The fourth-order valence-corrected chi connectivity index (χ4v) is 3.63. The van der Waals surface area contributed by atoms with Gasteiger partial charge in [0.2, 0.25) is 5.91 Å². The molecule has 128 valence electrons. The second-order valence-electron chi connectivity index (χ2n) is 6.41. The second kappa shape index (κ2) is 6.16. The predicted octanol–water partition coefficient (Wildman–Crippen LogP) is 3.23. The van der Waals surface area contributed by atoms with E-state index in [-0.39, 0.29) is 11.9 Å². The summed E-state index contributed by atoms with van der Waals surface area (Å²) in [7, 11) is 1.63. The van der Waals surface area contributed by atoms with Crippen molar-refractivity contribution in [2.75, 3.05) is 7.11 Å². The van der Waals surface area contributed by atoms with Crippen LogP contribution in [-0.4, -0.2) is 23.1 Å². The highest BCUT2D eigenvalue weighted by Crippen LogP contribution is 2.36. The molecule has 0 bridgehead atoms. The number of nitrogens with one attached hydrogen (secondary N) is 2. The van der Waals surface area contributed by atoms with Crippen LogP contribution in [0, 0.1) is 0 Å². The third-order valence-electron chi connectivity index (χ3n) is 4.91. The Morgan fingerprint density at radius 2 is 2.24 bits per heavy atom. The Balaban J connectivity index is 1.52. The number of hydrogen-bond acceptors (Lipinski definition) is 3. The van der Waals surface area contributed by atoms with E-state index in [4.69, 9.17) is 4.74 Å². The summed E-state index contributed by atoms with van der Waals surface area (Å²) in [5.41, 5.74) is 3.90. The van der Waals surface area contributed by atoms with E-state index in [0.717, 1.165) is 46.2 Å². The highest BCUT2D eigenvalue weighted by Gasteiger charge is 2.26. The van der Waals surface area contributed by atoms with Crippen molar-refractivity contribution in [2.24, 2.45) is 0 Å². The summed E-state index contributed by atoms with van der Waals surface area (Å²) in [6.07, 6.45) is 3.79. The van der Waals surface area contributed by atoms with Crippen molar-refractivity contribution in [3.05, 3.63) is 59.3 Å². The maximum atomic E-state index is 12.5. The standard InChI is InChI=1S/C20H20N2O3/c1-25-13-5-7-17-16(10-13)12(11-21-17)9-20(24)22-18-8-6-15-14(18)3-2-4-19(15)23/h2-5,7,10-11,18,21,23H,6,8-9H2,1H3,(H,22,24). The first kappa shape index (κ1) is 15.6. The number of aromatic nitrogens is 1. The Labute approximate surface area is 145 Å². The highest BCUT2D eigenvalue weighted by atomic mass is 16.5. The van der Waals surface area contributed by atoms with Gasteiger partial charge in [0.05, 0.1) is 19.6 Å². The molecular weight excluding hydrogens is 316 g/mol. The SMILES string of the molecule is COc1ccc2[nH]cc(CC(=O)NC3CCc4c(O)cccc43)c2c1. The fourth-order valence-electron chi connectivity index (χ4n) is 3.63. The van der Waals surface area contributed by atoms with Crippen molar-refractivity contribution in [3.8, 4) is 11.5 Å². The van der Waals surface area contributed by atoms with Crippen LogP contribution in [0.15, 0.2) is 42.6 Å². The number of H-pyrrole nitrogens is 1. The molecular formula is C20H20N2O3. The van der Waals surface area contributed by atoms with E-state index in [1.807, 2.05) is 36.5 Å². The number of hydrogen-bond donors (Lipinski definition) is 3. The maximum absolute atomic E-state index is 12.5. The molecule has 0 fully saturated rings. The quantitative estimate of drug-likeness (QED) is 0.685. The summed E-state index contributed by atoms with van der Waals surface area (Å²) in [5, 5.41) is 14.0. The molecule has 1 aliphatic rings. The molecule has 2 aromatic carbocycles. The van der Waals surface area contributed by atoms with Crippen molar-refractivity contribution in [3.63, 3.8) is 0 Å². The van der Waals surface area contributed by atoms with Gasteiger partial charge in [-0.05, 0) is 53.8 Å². The fraction of sp³-hybridized carbons (Fsp3) is 0.250. The lowest BCUT2D eigenvalue weighted by Gasteiger charge is -2.14. The zero-order chi connectivity index (χ0) is 17.4. The summed E-state index contributed by atoms with van der Waals surface area (Å²) in [4.78, 5) is 15.7. The Kier molecular flexibility index (Phi) is 3.84. The molecule has 1 unspecified atom stereocenters. The number of aromatic amines is 1. The lowest BCUT2D eigenvalue weighted by atomic mass is 10.1. The number of rotatable bonds is 4. The Bertz CT molecular complexity index is 945. The molecule has 1 atom stereocenters. The Morgan fingerprint density at radius 3 is 3.08 bits per heavy atom. The molecule has 0 saturated heterocycles. The van der Waals surface area contributed by atoms with Crippen LogP contribution < -0.4 is 10.1 Å². The van der Waals surface area contributed by atoms with Gasteiger partial charge in [0.15, 0.2) is 0 Å². The topological polar surface area (TPSA) is 74.4 Å². The summed E-state index contributed by atoms with van der Waals surface area (Å²) in [6, 6.07) is 11.2. The van der Waals surface area contributed by atoms with Crippen LogP contribution >= 0.6 is 0 Å². The monoisotopic (exact) mass is 336 g/mol. The van der Waals surface area contributed by atoms with Gasteiger partial charge in [0.1, 0.15) is 11.5 Å². The molecule has 0 radical (unpaired) electrons. The molecule has 1 amide bonds. The number of benzene rings is 2. The molecule has 4 rings (SSSR count). The van der Waals surface area contributed by atoms with Gasteiger partial charge < -0.3 is 20.1 Å². The van der Waals surface area contributed by atoms with Gasteiger partial charge in [-0.25, -0.2) is 0 Å². The van der Waals surface area contributed by atoms with Crippen LogP contribution in [0.3, 0.4) is 0 Å². The smallest absolute Gasteiger partial charge is 0.224 e. The van der Waals surface area contributed by atoms with Gasteiger partial charge in [-0.15, -0.1) is 0 Å². The lowest BCUT2D eigenvalue weighted by Crippen LogP contribution is -2.28. The summed E-state index contributed by atoms with van der Waals surface area (Å²) in [6.45, 7) is 0. The third-order valence-corrected chi connectivity index (χ3v) is 4.91. The van der Waals surface area contributed by atoms with Gasteiger partial charge >= 0.3 is 0 Å². The molecule has 1 aromatic heterocycles. The van der Waals surface area contributed by atoms with Crippen LogP contribution in [0.5, 0.6) is 11.5 Å². The van der Waals surface area contributed by atoms with Crippen LogP contribution in [-0.2, 0) is 17.6 Å². The Hall–Kier alpha value is -2.95. The number of fused-ring (bicyclic) bond motifs is 2. The second-order valence-corrected chi connectivity index (χ2v) is 6.41. The minimum absolute atomic E-state index is 0.0232. The number of phenolic OH excluding ortho intramolecular Hbond substituents is 1. The number of carbonyl (C=O) groups is 1. The van der Waals surface area contributed by atoms with Gasteiger partial charge in [0.25, 0.3) is 0 Å². The molecule has 1 aliphatic carbocycles. The minimum atomic E-state index is -0.0330. The van der Waals surface area contributed by atoms with Crippen LogP contribution in [0.4, 0.5) is 0 Å². The molecule has 25 heavy (non-hydrogen) atoms. The van der Waals surface area contributed by atoms with Crippen LogP contribution in [0.2, 0.25) is 0 Å². The third kappa shape index (κ3) is 2.82. The molecule has 0 spiro atoms. The lowest BCUT2D eigenvalue weighted by molar-refractivity contribution is -0.121. The minimum Gasteiger partial charge on any atom is -0.508 e. The van der Waals surface area contributed by atoms with Gasteiger partial charge in [-0.1, -0.05) is 12.1 Å². The van der Waals surface area contributed by atoms with Crippen molar-refractivity contribution in [1.29, 1.82) is 0 Å². The van der Waals surface area contributed by atoms with E-state index in [1.54, 1.807) is 13.2 Å². The largest absolute Gasteiger partial charge is 0.508 e. The normalized spacial score (nSPS) is 16.0. The van der Waals surface area contributed by atoms with E-state index < -0.39 is 0 Å². The number of ether oxygens (including phenoxy) is 1. The Morgan fingerprint density at radius 1 is 1.36 bits per heavy atom. The van der Waals surface area contributed by atoms with Crippen molar-refractivity contribution in [1.82, 2.24) is 10.3 Å². The van der Waals surface area contributed by atoms with Crippen LogP contribution in [0.25, 0.3) is 10.9 Å². The zero-order valence-electron chi connectivity index (χ0n) is 14.0. The molecule has 0 aliphatic heterocycles. The summed E-state index contributed by atoms with van der Waals surface area (Å²) >= 11 is 0. The molecule has 0 saturated carbocycles. The average Bonchev–Trinajstić information content (AvgIpc) is 3.20. The number of carbonyl (C=O) groups excluding carboxylic acids is 1. The van der Waals surface area contributed by atoms with Gasteiger partial charge in [-0.3, -0.25) is 4.79 Å². The van der Waals surface area contributed by atoms with E-state index in [0.29, 0.717) is 12.2 Å². The van der Waals surface area contributed by atoms with Gasteiger partial charge in [0, 0.05) is 17.1 Å².